The molecule has 0 radical (unpaired) electrons. The van der Waals surface area contributed by atoms with Gasteiger partial charge in [0.15, 0.2) is 0 Å². The number of anilines is 3. The monoisotopic (exact) mass is 342 g/mol. The minimum atomic E-state index is -0.784. The number of aromatic nitrogens is 1. The molecule has 1 aromatic carbocycles. The number of halogens is 1. The van der Waals surface area contributed by atoms with Crippen LogP contribution >= 0.6 is 0 Å². The number of benzene rings is 1. The number of hydrogen-bond donors (Lipinski definition) is 2. The largest absolute Gasteiger partial charge is 0.491 e. The van der Waals surface area contributed by atoms with Crippen LogP contribution in [0.1, 0.15) is 25.8 Å². The number of pyridine rings is 1. The third kappa shape index (κ3) is 4.26. The SMILES string of the molecule is CC(C)Oc1ccc(C=N)c(Nc2ccnc(N3CCC(F)C3)c2)c1. The molecule has 0 amide bonds. The van der Waals surface area contributed by atoms with Gasteiger partial charge in [-0.1, -0.05) is 0 Å². The zero-order valence-electron chi connectivity index (χ0n) is 14.5. The molecule has 0 bridgehead atoms. The van der Waals surface area contributed by atoms with Crippen LogP contribution in [-0.4, -0.2) is 36.6 Å². The zero-order valence-corrected chi connectivity index (χ0v) is 14.5. The molecule has 1 saturated heterocycles. The highest BCUT2D eigenvalue weighted by molar-refractivity contribution is 5.88. The molecule has 2 N–H and O–H groups in total. The zero-order chi connectivity index (χ0) is 17.8. The Kier molecular flexibility index (Phi) is 5.16. The fourth-order valence-electron chi connectivity index (χ4n) is 2.87. The number of rotatable bonds is 6. The Balaban J connectivity index is 1.83. The van der Waals surface area contributed by atoms with Crippen LogP contribution in [0.2, 0.25) is 0 Å². The summed E-state index contributed by atoms with van der Waals surface area (Å²) in [6.45, 7) is 5.02. The highest BCUT2D eigenvalue weighted by Crippen LogP contribution is 2.28. The van der Waals surface area contributed by atoms with Gasteiger partial charge in [-0.15, -0.1) is 0 Å². The molecular formula is C19H23FN4O. The Morgan fingerprint density at radius 3 is 2.88 bits per heavy atom. The Morgan fingerprint density at radius 2 is 2.20 bits per heavy atom. The van der Waals surface area contributed by atoms with E-state index in [-0.39, 0.29) is 6.10 Å². The van der Waals surface area contributed by atoms with Crippen molar-refractivity contribution in [2.24, 2.45) is 0 Å². The normalized spacial score (nSPS) is 17.0. The van der Waals surface area contributed by atoms with Crippen molar-refractivity contribution in [1.29, 1.82) is 5.41 Å². The Hall–Kier alpha value is -2.63. The van der Waals surface area contributed by atoms with E-state index in [1.54, 1.807) is 6.20 Å². The van der Waals surface area contributed by atoms with Crippen molar-refractivity contribution in [3.63, 3.8) is 0 Å². The summed E-state index contributed by atoms with van der Waals surface area (Å²) in [4.78, 5) is 6.30. The van der Waals surface area contributed by atoms with E-state index in [0.29, 0.717) is 19.5 Å². The van der Waals surface area contributed by atoms with E-state index in [0.717, 1.165) is 28.5 Å². The molecule has 6 heteroatoms. The van der Waals surface area contributed by atoms with E-state index in [2.05, 4.69) is 10.3 Å². The lowest BCUT2D eigenvalue weighted by atomic mass is 10.1. The maximum atomic E-state index is 13.4. The molecular weight excluding hydrogens is 319 g/mol. The summed E-state index contributed by atoms with van der Waals surface area (Å²) in [5.41, 5.74) is 2.40. The van der Waals surface area contributed by atoms with Crippen molar-refractivity contribution in [2.45, 2.75) is 32.5 Å². The van der Waals surface area contributed by atoms with Crippen molar-refractivity contribution in [2.75, 3.05) is 23.3 Å². The molecule has 1 aromatic heterocycles. The standard InChI is InChI=1S/C19H23FN4O/c1-13(2)25-17-4-3-14(11-21)18(10-17)23-16-5-7-22-19(9-16)24-8-6-15(20)12-24/h3-5,7,9-11,13,15,21H,6,8,12H2,1-2H3,(H,22,23). The molecule has 25 heavy (non-hydrogen) atoms. The Bertz CT molecular complexity index is 750. The van der Waals surface area contributed by atoms with Gasteiger partial charge in [0.25, 0.3) is 0 Å². The van der Waals surface area contributed by atoms with Gasteiger partial charge in [0.1, 0.15) is 17.7 Å². The molecule has 0 saturated carbocycles. The molecule has 1 aliphatic rings. The molecule has 1 unspecified atom stereocenters. The smallest absolute Gasteiger partial charge is 0.130 e. The molecule has 1 aliphatic heterocycles. The molecule has 0 aliphatic carbocycles. The number of hydrogen-bond acceptors (Lipinski definition) is 5. The second-order valence-electron chi connectivity index (χ2n) is 6.42. The molecule has 3 rings (SSSR count). The number of ether oxygens (including phenoxy) is 1. The van der Waals surface area contributed by atoms with Crippen LogP contribution in [0.4, 0.5) is 21.6 Å². The maximum Gasteiger partial charge on any atom is 0.130 e. The molecule has 2 heterocycles. The van der Waals surface area contributed by atoms with Crippen molar-refractivity contribution in [1.82, 2.24) is 4.98 Å². The Labute approximate surface area is 147 Å². The van der Waals surface area contributed by atoms with Gasteiger partial charge < -0.3 is 20.4 Å². The molecule has 2 aromatic rings. The Morgan fingerprint density at radius 1 is 1.36 bits per heavy atom. The first-order valence-corrected chi connectivity index (χ1v) is 8.48. The summed E-state index contributed by atoms with van der Waals surface area (Å²) in [5.74, 6) is 1.51. The third-order valence-electron chi connectivity index (χ3n) is 4.03. The fraction of sp³-hybridized carbons (Fsp3) is 0.368. The predicted octanol–water partition coefficient (Wildman–Crippen LogP) is 4.16. The highest BCUT2D eigenvalue weighted by atomic mass is 19.1. The van der Waals surface area contributed by atoms with E-state index >= 15 is 0 Å². The first kappa shape index (κ1) is 17.2. The minimum Gasteiger partial charge on any atom is -0.491 e. The van der Waals surface area contributed by atoms with Gasteiger partial charge in [-0.25, -0.2) is 9.37 Å². The van der Waals surface area contributed by atoms with E-state index in [9.17, 15) is 4.39 Å². The topological polar surface area (TPSA) is 61.2 Å². The summed E-state index contributed by atoms with van der Waals surface area (Å²) in [6.07, 6.45) is 2.86. The lowest BCUT2D eigenvalue weighted by Gasteiger charge is -2.18. The second-order valence-corrected chi connectivity index (χ2v) is 6.42. The summed E-state index contributed by atoms with van der Waals surface area (Å²) in [6, 6.07) is 9.35. The predicted molar refractivity (Wildman–Crippen MR) is 99.3 cm³/mol. The molecule has 1 fully saturated rings. The average Bonchev–Trinajstić information content (AvgIpc) is 3.01. The lowest BCUT2D eigenvalue weighted by molar-refractivity contribution is 0.242. The van der Waals surface area contributed by atoms with Crippen LogP contribution in [0.3, 0.4) is 0 Å². The van der Waals surface area contributed by atoms with E-state index < -0.39 is 6.17 Å². The third-order valence-corrected chi connectivity index (χ3v) is 4.03. The highest BCUT2D eigenvalue weighted by Gasteiger charge is 2.22. The molecule has 5 nitrogen and oxygen atoms in total. The van der Waals surface area contributed by atoms with Gasteiger partial charge in [0.05, 0.1) is 18.3 Å². The summed E-state index contributed by atoms with van der Waals surface area (Å²) >= 11 is 0. The van der Waals surface area contributed by atoms with Crippen LogP contribution < -0.4 is 15.0 Å². The number of alkyl halides is 1. The first-order chi connectivity index (χ1) is 12.0. The summed E-state index contributed by atoms with van der Waals surface area (Å²) in [7, 11) is 0. The summed E-state index contributed by atoms with van der Waals surface area (Å²) in [5, 5.41) is 10.9. The van der Waals surface area contributed by atoms with Gasteiger partial charge in [-0.05, 0) is 38.5 Å². The molecule has 132 valence electrons. The first-order valence-electron chi connectivity index (χ1n) is 8.48. The molecule has 1 atom stereocenters. The van der Waals surface area contributed by atoms with Crippen molar-refractivity contribution >= 4 is 23.4 Å². The fourth-order valence-corrected chi connectivity index (χ4v) is 2.87. The number of nitrogens with zero attached hydrogens (tertiary/aromatic N) is 2. The quantitative estimate of drug-likeness (QED) is 0.774. The molecule has 0 spiro atoms. The lowest BCUT2D eigenvalue weighted by Crippen LogP contribution is -2.21. The van der Waals surface area contributed by atoms with Gasteiger partial charge in [-0.2, -0.15) is 0 Å². The average molecular weight is 342 g/mol. The van der Waals surface area contributed by atoms with E-state index in [1.807, 2.05) is 49.1 Å². The van der Waals surface area contributed by atoms with Gasteiger partial charge in [-0.3, -0.25) is 0 Å². The second kappa shape index (κ2) is 7.51. The van der Waals surface area contributed by atoms with Crippen molar-refractivity contribution in [3.05, 3.63) is 42.1 Å². The summed E-state index contributed by atoms with van der Waals surface area (Å²) < 4.78 is 19.2. The van der Waals surface area contributed by atoms with Crippen LogP contribution in [0.25, 0.3) is 0 Å². The van der Waals surface area contributed by atoms with E-state index in [4.69, 9.17) is 10.1 Å². The minimum absolute atomic E-state index is 0.0787. The van der Waals surface area contributed by atoms with Gasteiger partial charge >= 0.3 is 0 Å². The van der Waals surface area contributed by atoms with Gasteiger partial charge in [0, 0.05) is 42.3 Å². The van der Waals surface area contributed by atoms with Crippen molar-refractivity contribution < 1.29 is 9.13 Å². The van der Waals surface area contributed by atoms with Crippen LogP contribution in [0.5, 0.6) is 5.75 Å². The van der Waals surface area contributed by atoms with Gasteiger partial charge in [0.2, 0.25) is 0 Å². The maximum absolute atomic E-state index is 13.4. The van der Waals surface area contributed by atoms with Crippen molar-refractivity contribution in [3.8, 4) is 5.75 Å². The number of nitrogens with one attached hydrogen (secondary N) is 2. The van der Waals surface area contributed by atoms with Crippen LogP contribution in [0.15, 0.2) is 36.5 Å². The van der Waals surface area contributed by atoms with E-state index in [1.165, 1.54) is 6.21 Å². The van der Waals surface area contributed by atoms with Crippen LogP contribution in [0, 0.1) is 5.41 Å². The van der Waals surface area contributed by atoms with Crippen LogP contribution in [-0.2, 0) is 0 Å².